The largest absolute Gasteiger partial charge is 0.341 e. The first kappa shape index (κ1) is 22.7. The van der Waals surface area contributed by atoms with Gasteiger partial charge in [0.15, 0.2) is 5.16 Å². The lowest BCUT2D eigenvalue weighted by Crippen LogP contribution is -2.50. The number of aromatic nitrogens is 3. The third-order valence-electron chi connectivity index (χ3n) is 7.19. The minimum Gasteiger partial charge on any atom is -0.341 e. The Bertz CT molecular complexity index is 930. The Balaban J connectivity index is 1.18. The topological polar surface area (TPSA) is 57.5 Å². The number of rotatable bonds is 7. The van der Waals surface area contributed by atoms with E-state index in [4.69, 9.17) is 0 Å². The zero-order valence-corrected chi connectivity index (χ0v) is 20.7. The van der Waals surface area contributed by atoms with Crippen LogP contribution in [-0.2, 0) is 11.3 Å². The molecular weight excluding hydrogens is 432 g/mol. The van der Waals surface area contributed by atoms with Crippen LogP contribution in [0.4, 0.5) is 5.95 Å². The molecule has 1 amide bonds. The van der Waals surface area contributed by atoms with E-state index in [1.807, 2.05) is 11.8 Å². The monoisotopic (exact) mass is 468 g/mol. The van der Waals surface area contributed by atoms with Crippen LogP contribution in [0.5, 0.6) is 0 Å². The van der Waals surface area contributed by atoms with Gasteiger partial charge in [0.25, 0.3) is 0 Å². The van der Waals surface area contributed by atoms with E-state index in [9.17, 15) is 4.79 Å². The second kappa shape index (κ2) is 10.1. The van der Waals surface area contributed by atoms with Crippen molar-refractivity contribution in [3.8, 4) is 0 Å². The van der Waals surface area contributed by atoms with Crippen LogP contribution in [0.15, 0.2) is 35.5 Å². The second-order valence-corrected chi connectivity index (χ2v) is 11.2. The summed E-state index contributed by atoms with van der Waals surface area (Å²) in [6.45, 7) is 10.9. The summed E-state index contributed by atoms with van der Waals surface area (Å²) in [5.41, 5.74) is 1.33. The van der Waals surface area contributed by atoms with E-state index < -0.39 is 0 Å². The lowest BCUT2D eigenvalue weighted by Gasteiger charge is -2.35. The summed E-state index contributed by atoms with van der Waals surface area (Å²) in [5.74, 6) is 2.03. The molecule has 3 aliphatic rings. The maximum atomic E-state index is 13.2. The molecule has 3 fully saturated rings. The highest BCUT2D eigenvalue weighted by Crippen LogP contribution is 2.42. The van der Waals surface area contributed by atoms with Crippen LogP contribution < -0.4 is 4.90 Å². The quantitative estimate of drug-likeness (QED) is 0.578. The van der Waals surface area contributed by atoms with Crippen molar-refractivity contribution >= 4 is 23.6 Å². The van der Waals surface area contributed by atoms with Gasteiger partial charge in [0.05, 0.1) is 5.25 Å². The zero-order valence-electron chi connectivity index (χ0n) is 19.9. The number of hydrogen-bond donors (Lipinski definition) is 0. The molecule has 8 heteroatoms. The van der Waals surface area contributed by atoms with E-state index in [1.165, 1.54) is 31.2 Å². The first-order valence-corrected chi connectivity index (χ1v) is 13.4. The number of anilines is 1. The fourth-order valence-electron chi connectivity index (χ4n) is 4.86. The number of amides is 1. The van der Waals surface area contributed by atoms with Gasteiger partial charge in [-0.1, -0.05) is 49.0 Å². The van der Waals surface area contributed by atoms with Crippen LogP contribution in [0.2, 0.25) is 0 Å². The van der Waals surface area contributed by atoms with Crippen LogP contribution in [0.25, 0.3) is 0 Å². The molecule has 1 aliphatic carbocycles. The van der Waals surface area contributed by atoms with Gasteiger partial charge in [-0.25, -0.2) is 0 Å². The third-order valence-corrected chi connectivity index (χ3v) is 8.23. The molecule has 0 N–H and O–H groups in total. The molecule has 3 heterocycles. The Morgan fingerprint density at radius 3 is 2.36 bits per heavy atom. The Labute approximate surface area is 201 Å². The lowest BCUT2D eigenvalue weighted by molar-refractivity contribution is -0.132. The number of nitrogens with zero attached hydrogens (tertiary/aromatic N) is 6. The summed E-state index contributed by atoms with van der Waals surface area (Å²) >= 11 is 1.59. The smallest absolute Gasteiger partial charge is 0.235 e. The Hall–Kier alpha value is -2.06. The molecule has 0 radical (unpaired) electrons. The van der Waals surface area contributed by atoms with Gasteiger partial charge >= 0.3 is 0 Å². The zero-order chi connectivity index (χ0) is 22.8. The van der Waals surface area contributed by atoms with Gasteiger partial charge in [-0.2, -0.15) is 0 Å². The molecule has 178 valence electrons. The maximum absolute atomic E-state index is 13.2. The van der Waals surface area contributed by atoms with Gasteiger partial charge < -0.3 is 9.80 Å². The van der Waals surface area contributed by atoms with Crippen LogP contribution >= 0.6 is 11.8 Å². The minimum absolute atomic E-state index is 0.151. The number of carbonyl (C=O) groups excluding carboxylic acids is 1. The van der Waals surface area contributed by atoms with E-state index >= 15 is 0 Å². The highest BCUT2D eigenvalue weighted by atomic mass is 32.2. The van der Waals surface area contributed by atoms with E-state index in [0.717, 1.165) is 62.8 Å². The number of carbonyl (C=O) groups is 1. The average molecular weight is 469 g/mol. The van der Waals surface area contributed by atoms with Crippen LogP contribution in [0.3, 0.4) is 0 Å². The Morgan fingerprint density at radius 2 is 1.70 bits per heavy atom. The van der Waals surface area contributed by atoms with Gasteiger partial charge in [-0.15, -0.1) is 10.2 Å². The third kappa shape index (κ3) is 5.38. The number of piperidine rings is 1. The summed E-state index contributed by atoms with van der Waals surface area (Å²) in [6, 6.07) is 11.1. The fraction of sp³-hybridized carbons (Fsp3) is 0.640. The van der Waals surface area contributed by atoms with Gasteiger partial charge in [0, 0.05) is 51.9 Å². The molecule has 2 aliphatic heterocycles. The molecule has 7 nitrogen and oxygen atoms in total. The van der Waals surface area contributed by atoms with E-state index in [2.05, 4.69) is 61.8 Å². The van der Waals surface area contributed by atoms with Gasteiger partial charge in [0.1, 0.15) is 0 Å². The van der Waals surface area contributed by atoms with Crippen molar-refractivity contribution in [3.63, 3.8) is 0 Å². The lowest BCUT2D eigenvalue weighted by atomic mass is 10.00. The maximum Gasteiger partial charge on any atom is 0.235 e. The molecule has 2 aromatic rings. The highest BCUT2D eigenvalue weighted by Gasteiger charge is 2.34. The van der Waals surface area contributed by atoms with Crippen LogP contribution in [0.1, 0.15) is 51.1 Å². The fourth-order valence-corrected chi connectivity index (χ4v) is 5.86. The number of thioether (sulfide) groups is 1. The molecule has 0 bridgehead atoms. The minimum atomic E-state index is -0.151. The predicted octanol–water partition coefficient (Wildman–Crippen LogP) is 3.67. The molecule has 1 aromatic heterocycles. The summed E-state index contributed by atoms with van der Waals surface area (Å²) in [5, 5.41) is 9.90. The van der Waals surface area contributed by atoms with Gasteiger partial charge in [-0.3, -0.25) is 14.3 Å². The van der Waals surface area contributed by atoms with Crippen molar-refractivity contribution in [2.24, 2.45) is 5.92 Å². The van der Waals surface area contributed by atoms with Gasteiger partial charge in [-0.05, 0) is 44.1 Å². The molecule has 1 atom stereocenters. The Kier molecular flexibility index (Phi) is 6.92. The van der Waals surface area contributed by atoms with Gasteiger partial charge in [0.2, 0.25) is 11.9 Å². The normalized spacial score (nSPS) is 21.4. The number of piperazine rings is 1. The summed E-state index contributed by atoms with van der Waals surface area (Å²) in [4.78, 5) is 20.1. The van der Waals surface area contributed by atoms with Crippen LogP contribution in [0, 0.1) is 5.92 Å². The highest BCUT2D eigenvalue weighted by molar-refractivity contribution is 8.00. The molecule has 0 spiro atoms. The molecule has 2 saturated heterocycles. The molecular formula is C25H36N6OS. The van der Waals surface area contributed by atoms with Crippen molar-refractivity contribution in [3.05, 3.63) is 35.9 Å². The first-order chi connectivity index (χ1) is 16.1. The summed E-state index contributed by atoms with van der Waals surface area (Å²) in [7, 11) is 0. The van der Waals surface area contributed by atoms with Crippen LogP contribution in [-0.4, -0.2) is 75.0 Å². The standard InChI is InChI=1S/C25H36N6OS/c1-19-10-12-30(13-11-19)24-26-27-25(31(24)22-8-9-22)33-20(2)23(32)29-16-14-28(15-17-29)18-21-6-4-3-5-7-21/h3-7,19-20,22H,8-18H2,1-2H3. The van der Waals surface area contributed by atoms with Crippen molar-refractivity contribution in [1.82, 2.24) is 24.6 Å². The van der Waals surface area contributed by atoms with Crippen molar-refractivity contribution in [1.29, 1.82) is 0 Å². The predicted molar refractivity (Wildman–Crippen MR) is 133 cm³/mol. The van der Waals surface area contributed by atoms with E-state index in [1.54, 1.807) is 11.8 Å². The molecule has 33 heavy (non-hydrogen) atoms. The molecule has 5 rings (SSSR count). The van der Waals surface area contributed by atoms with E-state index in [0.29, 0.717) is 6.04 Å². The van der Waals surface area contributed by atoms with Crippen molar-refractivity contribution < 1.29 is 4.79 Å². The number of hydrogen-bond acceptors (Lipinski definition) is 6. The average Bonchev–Trinajstić information content (AvgIpc) is 3.60. The molecule has 1 saturated carbocycles. The SMILES string of the molecule is CC1CCN(c2nnc(SC(C)C(=O)N3CCN(Cc4ccccc4)CC3)n2C2CC2)CC1. The summed E-state index contributed by atoms with van der Waals surface area (Å²) in [6.07, 6.45) is 4.80. The van der Waals surface area contributed by atoms with Crippen molar-refractivity contribution in [2.75, 3.05) is 44.2 Å². The summed E-state index contributed by atoms with van der Waals surface area (Å²) < 4.78 is 2.32. The Morgan fingerprint density at radius 1 is 1.00 bits per heavy atom. The van der Waals surface area contributed by atoms with Crippen molar-refractivity contribution in [2.45, 2.75) is 62.5 Å². The molecule has 1 unspecified atom stereocenters. The first-order valence-electron chi connectivity index (χ1n) is 12.5. The molecule has 1 aromatic carbocycles. The van der Waals surface area contributed by atoms with E-state index in [-0.39, 0.29) is 11.2 Å². The number of benzene rings is 1. The second-order valence-electron chi connectivity index (χ2n) is 9.90.